The molecule has 0 bridgehead atoms. The minimum atomic E-state index is -0.526. The molecule has 0 radical (unpaired) electrons. The number of carbonyl (C=O) groups is 1. The number of hydrogen-bond donors (Lipinski definition) is 0. The van der Waals surface area contributed by atoms with Crippen LogP contribution in [0, 0.1) is 22.7 Å². The second-order valence-electron chi connectivity index (χ2n) is 2.95. The van der Waals surface area contributed by atoms with Crippen molar-refractivity contribution in [2.45, 2.75) is 0 Å². The molecule has 5 nitrogen and oxygen atoms in total. The molecule has 1 aromatic rings. The lowest BCUT2D eigenvalue weighted by atomic mass is 10.2. The number of amides is 1. The molecule has 0 atom stereocenters. The monoisotopic (exact) mass is 268 g/mol. The lowest BCUT2D eigenvalue weighted by molar-refractivity contribution is 0.0794. The van der Waals surface area contributed by atoms with Crippen LogP contribution in [0.2, 0.25) is 10.3 Å². The normalized spacial score (nSPS) is 9.18. The zero-order valence-corrected chi connectivity index (χ0v) is 10.0. The lowest BCUT2D eigenvalue weighted by Gasteiger charge is -2.16. The number of rotatable bonds is 3. The van der Waals surface area contributed by atoms with Crippen molar-refractivity contribution in [3.05, 3.63) is 28.0 Å². The van der Waals surface area contributed by atoms with Gasteiger partial charge in [0.15, 0.2) is 0 Å². The van der Waals surface area contributed by atoms with Gasteiger partial charge in [0.25, 0.3) is 5.91 Å². The van der Waals surface area contributed by atoms with E-state index >= 15 is 0 Å². The van der Waals surface area contributed by atoms with Gasteiger partial charge in [-0.2, -0.15) is 10.5 Å². The Morgan fingerprint density at radius 1 is 1.29 bits per heavy atom. The van der Waals surface area contributed by atoms with E-state index in [-0.39, 0.29) is 29.0 Å². The summed E-state index contributed by atoms with van der Waals surface area (Å²) in [6, 6.07) is 6.42. The van der Waals surface area contributed by atoms with Crippen LogP contribution >= 0.6 is 23.2 Å². The average molecular weight is 269 g/mol. The highest BCUT2D eigenvalue weighted by Crippen LogP contribution is 2.18. The van der Waals surface area contributed by atoms with Crippen molar-refractivity contribution in [1.29, 1.82) is 10.5 Å². The Kier molecular flexibility index (Phi) is 4.71. The molecule has 0 spiro atoms. The van der Waals surface area contributed by atoms with Gasteiger partial charge < -0.3 is 4.90 Å². The van der Waals surface area contributed by atoms with Crippen molar-refractivity contribution in [3.8, 4) is 12.1 Å². The minimum absolute atomic E-state index is 0.0524. The molecule has 17 heavy (non-hydrogen) atoms. The molecule has 0 aromatic carbocycles. The molecule has 1 rings (SSSR count). The van der Waals surface area contributed by atoms with E-state index < -0.39 is 5.91 Å². The van der Waals surface area contributed by atoms with Gasteiger partial charge in [-0.1, -0.05) is 23.2 Å². The third-order valence-electron chi connectivity index (χ3n) is 1.86. The largest absolute Gasteiger partial charge is 0.312 e. The van der Waals surface area contributed by atoms with Crippen molar-refractivity contribution in [3.63, 3.8) is 0 Å². The second kappa shape index (κ2) is 6.05. The Bertz CT molecular complexity index is 502. The van der Waals surface area contributed by atoms with Crippen LogP contribution in [-0.4, -0.2) is 28.9 Å². The van der Waals surface area contributed by atoms with Gasteiger partial charge in [0.1, 0.15) is 23.4 Å². The maximum atomic E-state index is 11.9. The van der Waals surface area contributed by atoms with E-state index in [2.05, 4.69) is 4.98 Å². The van der Waals surface area contributed by atoms with Crippen molar-refractivity contribution in [1.82, 2.24) is 9.88 Å². The van der Waals surface area contributed by atoms with Gasteiger partial charge >= 0.3 is 0 Å². The van der Waals surface area contributed by atoms with E-state index in [1.807, 2.05) is 0 Å². The fourth-order valence-corrected chi connectivity index (χ4v) is 1.54. The topological polar surface area (TPSA) is 80.8 Å². The van der Waals surface area contributed by atoms with E-state index in [1.54, 1.807) is 12.1 Å². The first-order valence-electron chi connectivity index (χ1n) is 4.45. The third kappa shape index (κ3) is 3.32. The lowest BCUT2D eigenvalue weighted by Crippen LogP contribution is -2.32. The number of aromatic nitrogens is 1. The Morgan fingerprint density at radius 2 is 1.88 bits per heavy atom. The molecule has 0 N–H and O–H groups in total. The van der Waals surface area contributed by atoms with E-state index in [0.29, 0.717) is 0 Å². The third-order valence-corrected chi connectivity index (χ3v) is 2.35. The van der Waals surface area contributed by atoms with Crippen LogP contribution in [0.1, 0.15) is 10.4 Å². The smallest absolute Gasteiger partial charge is 0.258 e. The highest BCUT2D eigenvalue weighted by atomic mass is 35.5. The molecule has 0 fully saturated rings. The van der Waals surface area contributed by atoms with Gasteiger partial charge in [0, 0.05) is 0 Å². The van der Waals surface area contributed by atoms with Crippen molar-refractivity contribution >= 4 is 29.1 Å². The van der Waals surface area contributed by atoms with Gasteiger partial charge in [0.05, 0.1) is 17.7 Å². The van der Waals surface area contributed by atoms with Crippen LogP contribution in [0.5, 0.6) is 0 Å². The molecular weight excluding hydrogens is 263 g/mol. The average Bonchev–Trinajstić information content (AvgIpc) is 2.28. The van der Waals surface area contributed by atoms with E-state index in [1.165, 1.54) is 12.1 Å². The van der Waals surface area contributed by atoms with Crippen LogP contribution in [-0.2, 0) is 0 Å². The van der Waals surface area contributed by atoms with E-state index in [0.717, 1.165) is 4.90 Å². The van der Waals surface area contributed by atoms with Crippen LogP contribution in [0.15, 0.2) is 12.1 Å². The first-order valence-corrected chi connectivity index (χ1v) is 5.21. The van der Waals surface area contributed by atoms with Crippen LogP contribution in [0.25, 0.3) is 0 Å². The molecule has 0 aliphatic heterocycles. The molecule has 1 amide bonds. The molecule has 0 aliphatic rings. The summed E-state index contributed by atoms with van der Waals surface area (Å²) < 4.78 is 0. The van der Waals surface area contributed by atoms with Crippen molar-refractivity contribution < 1.29 is 4.79 Å². The maximum absolute atomic E-state index is 11.9. The van der Waals surface area contributed by atoms with Crippen molar-refractivity contribution in [2.24, 2.45) is 0 Å². The number of nitrogens with zero attached hydrogens (tertiary/aromatic N) is 4. The SMILES string of the molecule is N#CCN(CC#N)C(=O)c1ccc(Cl)nc1Cl. The summed E-state index contributed by atoms with van der Waals surface area (Å²) in [5.74, 6) is -0.526. The summed E-state index contributed by atoms with van der Waals surface area (Å²) in [6.07, 6.45) is 0. The molecule has 0 unspecified atom stereocenters. The predicted molar refractivity (Wildman–Crippen MR) is 61.4 cm³/mol. The summed E-state index contributed by atoms with van der Waals surface area (Å²) in [5, 5.41) is 17.2. The van der Waals surface area contributed by atoms with Crippen LogP contribution in [0.4, 0.5) is 0 Å². The number of carbonyl (C=O) groups excluding carboxylic acids is 1. The summed E-state index contributed by atoms with van der Waals surface area (Å²) in [6.45, 7) is -0.378. The molecule has 1 heterocycles. The Labute approximate surface area is 108 Å². The summed E-state index contributed by atoms with van der Waals surface area (Å²) in [7, 11) is 0. The molecular formula is C10H6Cl2N4O. The summed E-state index contributed by atoms with van der Waals surface area (Å²) in [4.78, 5) is 16.7. The van der Waals surface area contributed by atoms with Gasteiger partial charge in [-0.25, -0.2) is 4.98 Å². The molecule has 1 aromatic heterocycles. The Hall–Kier alpha value is -1.82. The number of halogens is 2. The first kappa shape index (κ1) is 13.2. The zero-order chi connectivity index (χ0) is 12.8. The van der Waals surface area contributed by atoms with Gasteiger partial charge in [-0.05, 0) is 12.1 Å². The van der Waals surface area contributed by atoms with E-state index in [4.69, 9.17) is 33.7 Å². The van der Waals surface area contributed by atoms with Gasteiger partial charge in [-0.15, -0.1) is 0 Å². The van der Waals surface area contributed by atoms with E-state index in [9.17, 15) is 4.79 Å². The molecule has 7 heteroatoms. The number of hydrogen-bond acceptors (Lipinski definition) is 4. The summed E-state index contributed by atoms with van der Waals surface area (Å²) >= 11 is 11.4. The van der Waals surface area contributed by atoms with Crippen LogP contribution < -0.4 is 0 Å². The molecule has 0 saturated carbocycles. The quantitative estimate of drug-likeness (QED) is 0.619. The predicted octanol–water partition coefficient (Wildman–Crippen LogP) is 1.88. The highest BCUT2D eigenvalue weighted by molar-refractivity contribution is 6.34. The Balaban J connectivity index is 3.02. The second-order valence-corrected chi connectivity index (χ2v) is 3.70. The summed E-state index contributed by atoms with van der Waals surface area (Å²) in [5.41, 5.74) is 0.113. The Morgan fingerprint density at radius 3 is 2.35 bits per heavy atom. The highest BCUT2D eigenvalue weighted by Gasteiger charge is 2.18. The van der Waals surface area contributed by atoms with Crippen molar-refractivity contribution in [2.75, 3.05) is 13.1 Å². The standard InChI is InChI=1S/C10H6Cl2N4O/c11-8-2-1-7(9(12)15-8)10(17)16(5-3-13)6-4-14/h1-2H,5-6H2. The number of pyridine rings is 1. The van der Waals surface area contributed by atoms with Gasteiger partial charge in [0.2, 0.25) is 0 Å². The maximum Gasteiger partial charge on any atom is 0.258 e. The minimum Gasteiger partial charge on any atom is -0.312 e. The van der Waals surface area contributed by atoms with Crippen LogP contribution in [0.3, 0.4) is 0 Å². The fraction of sp³-hybridized carbons (Fsp3) is 0.200. The molecule has 0 saturated heterocycles. The number of nitriles is 2. The van der Waals surface area contributed by atoms with Gasteiger partial charge in [-0.3, -0.25) is 4.79 Å². The first-order chi connectivity index (χ1) is 8.10. The zero-order valence-electron chi connectivity index (χ0n) is 8.52. The molecule has 0 aliphatic carbocycles. The fourth-order valence-electron chi connectivity index (χ4n) is 1.11. The molecule has 86 valence electrons.